The van der Waals surface area contributed by atoms with E-state index >= 15 is 0 Å². The number of nitrogens with zero attached hydrogens (tertiary/aromatic N) is 1. The molecule has 0 N–H and O–H groups in total. The van der Waals surface area contributed by atoms with Gasteiger partial charge >= 0.3 is 12.1 Å². The first-order chi connectivity index (χ1) is 10.3. The summed E-state index contributed by atoms with van der Waals surface area (Å²) in [6, 6.07) is 0. The van der Waals surface area contributed by atoms with Crippen LogP contribution in [0.3, 0.4) is 0 Å². The van der Waals surface area contributed by atoms with Crippen LogP contribution >= 0.6 is 12.6 Å². The van der Waals surface area contributed by atoms with Crippen molar-refractivity contribution in [3.8, 4) is 0 Å². The van der Waals surface area contributed by atoms with Crippen molar-refractivity contribution in [1.82, 2.24) is 4.90 Å². The van der Waals surface area contributed by atoms with E-state index in [-0.39, 0.29) is 18.2 Å². The molecule has 0 aromatic heterocycles. The van der Waals surface area contributed by atoms with E-state index < -0.39 is 16.7 Å². The fraction of sp³-hybridized carbons (Fsp3) is 0.882. The molecule has 0 unspecified atom stereocenters. The van der Waals surface area contributed by atoms with Crippen LogP contribution in [0.15, 0.2) is 0 Å². The summed E-state index contributed by atoms with van der Waals surface area (Å²) in [5.74, 6) is 0.241. The molecule has 0 radical (unpaired) electrons. The Hall–Kier alpha value is -0.910. The summed E-state index contributed by atoms with van der Waals surface area (Å²) in [4.78, 5) is 26.2. The van der Waals surface area contributed by atoms with Gasteiger partial charge in [-0.15, -0.1) is 0 Å². The molecule has 0 spiro atoms. The van der Waals surface area contributed by atoms with Gasteiger partial charge in [-0.2, -0.15) is 12.6 Å². The third kappa shape index (κ3) is 5.59. The van der Waals surface area contributed by atoms with Crippen molar-refractivity contribution < 1.29 is 19.1 Å². The molecular weight excluding hydrogens is 314 g/mol. The van der Waals surface area contributed by atoms with Crippen LogP contribution in [-0.4, -0.2) is 45.5 Å². The SMILES string of the molecule is CC(C)(C)OC(=O)N1C(C)(C)CC(OC(=O)CCS)CC1(C)C. The zero-order valence-electron chi connectivity index (χ0n) is 15.4. The van der Waals surface area contributed by atoms with Crippen molar-refractivity contribution in [2.24, 2.45) is 0 Å². The largest absolute Gasteiger partial charge is 0.462 e. The second-order valence-corrected chi connectivity index (χ2v) is 8.88. The van der Waals surface area contributed by atoms with Crippen molar-refractivity contribution in [1.29, 1.82) is 0 Å². The van der Waals surface area contributed by atoms with E-state index in [1.807, 2.05) is 48.5 Å². The van der Waals surface area contributed by atoms with Crippen LogP contribution in [0.25, 0.3) is 0 Å². The standard InChI is InChI=1S/C17H31NO4S/c1-15(2,3)22-14(20)18-16(4,5)10-12(11-17(18,6)7)21-13(19)8-9-23/h12,23H,8-11H2,1-7H3. The van der Waals surface area contributed by atoms with Crippen molar-refractivity contribution in [2.75, 3.05) is 5.75 Å². The minimum Gasteiger partial charge on any atom is -0.462 e. The second-order valence-electron chi connectivity index (χ2n) is 8.43. The topological polar surface area (TPSA) is 55.8 Å². The minimum atomic E-state index is -0.543. The Labute approximate surface area is 145 Å². The maximum Gasteiger partial charge on any atom is 0.411 e. The lowest BCUT2D eigenvalue weighted by atomic mass is 9.78. The normalized spacial score (nSPS) is 21.0. The summed E-state index contributed by atoms with van der Waals surface area (Å²) in [5.41, 5.74) is -1.47. The van der Waals surface area contributed by atoms with Crippen LogP contribution < -0.4 is 0 Å². The van der Waals surface area contributed by atoms with Gasteiger partial charge in [0.2, 0.25) is 0 Å². The molecule has 1 amide bonds. The van der Waals surface area contributed by atoms with Crippen LogP contribution in [0.2, 0.25) is 0 Å². The Kier molecular flexibility index (Phi) is 6.05. The number of esters is 1. The Morgan fingerprint density at radius 3 is 2.00 bits per heavy atom. The number of thiol groups is 1. The van der Waals surface area contributed by atoms with Gasteiger partial charge in [0.05, 0.1) is 6.42 Å². The molecule has 1 rings (SSSR count). The number of likely N-dealkylation sites (tertiary alicyclic amines) is 1. The van der Waals surface area contributed by atoms with E-state index in [1.165, 1.54) is 0 Å². The van der Waals surface area contributed by atoms with Crippen LogP contribution in [0.1, 0.15) is 67.7 Å². The number of amides is 1. The molecule has 1 heterocycles. The van der Waals surface area contributed by atoms with E-state index in [2.05, 4.69) is 12.6 Å². The van der Waals surface area contributed by atoms with Gasteiger partial charge in [0, 0.05) is 29.7 Å². The first-order valence-corrected chi connectivity index (χ1v) is 8.75. The van der Waals surface area contributed by atoms with Gasteiger partial charge in [-0.1, -0.05) is 0 Å². The molecule has 0 aliphatic carbocycles. The first-order valence-electron chi connectivity index (χ1n) is 8.12. The third-order valence-electron chi connectivity index (χ3n) is 3.86. The van der Waals surface area contributed by atoms with E-state index in [4.69, 9.17) is 9.47 Å². The lowest BCUT2D eigenvalue weighted by Crippen LogP contribution is -2.64. The summed E-state index contributed by atoms with van der Waals surface area (Å²) < 4.78 is 11.1. The molecule has 1 saturated heterocycles. The fourth-order valence-corrected chi connectivity index (χ4v) is 3.59. The molecule has 0 atom stereocenters. The van der Waals surface area contributed by atoms with Crippen molar-refractivity contribution in [3.05, 3.63) is 0 Å². The molecular formula is C17H31NO4S. The number of rotatable bonds is 3. The van der Waals surface area contributed by atoms with Crippen molar-refractivity contribution in [2.45, 2.75) is 90.5 Å². The highest BCUT2D eigenvalue weighted by Crippen LogP contribution is 2.40. The maximum atomic E-state index is 12.7. The van der Waals surface area contributed by atoms with E-state index in [0.29, 0.717) is 25.0 Å². The predicted octanol–water partition coefficient (Wildman–Crippen LogP) is 3.81. The molecule has 5 nitrogen and oxygen atoms in total. The highest BCUT2D eigenvalue weighted by Gasteiger charge is 2.50. The number of ether oxygens (including phenoxy) is 2. The van der Waals surface area contributed by atoms with Gasteiger partial charge in [-0.3, -0.25) is 9.69 Å². The highest BCUT2D eigenvalue weighted by molar-refractivity contribution is 7.80. The first kappa shape index (κ1) is 20.1. The smallest absolute Gasteiger partial charge is 0.411 e. The summed E-state index contributed by atoms with van der Waals surface area (Å²) in [6.45, 7) is 13.5. The number of hydrogen-bond donors (Lipinski definition) is 1. The molecule has 0 saturated carbocycles. The average molecular weight is 346 g/mol. The number of piperidine rings is 1. The molecule has 134 valence electrons. The lowest BCUT2D eigenvalue weighted by molar-refractivity contribution is -0.158. The molecule has 1 aliphatic rings. The Morgan fingerprint density at radius 2 is 1.61 bits per heavy atom. The zero-order valence-corrected chi connectivity index (χ0v) is 16.3. The van der Waals surface area contributed by atoms with E-state index in [9.17, 15) is 9.59 Å². The lowest BCUT2D eigenvalue weighted by Gasteiger charge is -2.54. The second kappa shape index (κ2) is 6.91. The van der Waals surface area contributed by atoms with Crippen LogP contribution in [0.5, 0.6) is 0 Å². The van der Waals surface area contributed by atoms with Gasteiger partial charge in [-0.25, -0.2) is 4.79 Å². The minimum absolute atomic E-state index is 0.203. The van der Waals surface area contributed by atoms with E-state index in [1.54, 1.807) is 4.90 Å². The van der Waals surface area contributed by atoms with Gasteiger partial charge < -0.3 is 9.47 Å². The highest BCUT2D eigenvalue weighted by atomic mass is 32.1. The average Bonchev–Trinajstić information content (AvgIpc) is 2.21. The van der Waals surface area contributed by atoms with Crippen molar-refractivity contribution >= 4 is 24.7 Å². The molecule has 0 aromatic rings. The molecule has 23 heavy (non-hydrogen) atoms. The van der Waals surface area contributed by atoms with Crippen molar-refractivity contribution in [3.63, 3.8) is 0 Å². The van der Waals surface area contributed by atoms with Crippen LogP contribution in [-0.2, 0) is 14.3 Å². The molecule has 6 heteroatoms. The molecule has 1 aliphatic heterocycles. The van der Waals surface area contributed by atoms with Gasteiger partial charge in [0.15, 0.2) is 0 Å². The van der Waals surface area contributed by atoms with Gasteiger partial charge in [0.1, 0.15) is 11.7 Å². The zero-order chi connectivity index (χ0) is 18.1. The molecule has 0 aromatic carbocycles. The fourth-order valence-electron chi connectivity index (χ4n) is 3.41. The summed E-state index contributed by atoms with van der Waals surface area (Å²) >= 11 is 4.06. The van der Waals surface area contributed by atoms with Gasteiger partial charge in [0.25, 0.3) is 0 Å². The van der Waals surface area contributed by atoms with Crippen LogP contribution in [0.4, 0.5) is 4.79 Å². The Balaban J connectivity index is 2.92. The summed E-state index contributed by atoms with van der Waals surface area (Å²) in [7, 11) is 0. The quantitative estimate of drug-likeness (QED) is 0.624. The predicted molar refractivity (Wildman–Crippen MR) is 93.8 cm³/mol. The molecule has 0 bridgehead atoms. The van der Waals surface area contributed by atoms with Gasteiger partial charge in [-0.05, 0) is 48.5 Å². The monoisotopic (exact) mass is 345 g/mol. The molecule has 1 fully saturated rings. The van der Waals surface area contributed by atoms with Crippen LogP contribution in [0, 0.1) is 0 Å². The Bertz CT molecular complexity index is 436. The number of carbonyl (C=O) groups excluding carboxylic acids is 2. The summed E-state index contributed by atoms with van der Waals surface area (Å²) in [6.07, 6.45) is 0.955. The van der Waals surface area contributed by atoms with E-state index in [0.717, 1.165) is 0 Å². The maximum absolute atomic E-state index is 12.7. The number of carbonyl (C=O) groups is 2. The number of hydrogen-bond acceptors (Lipinski definition) is 5. The third-order valence-corrected chi connectivity index (χ3v) is 4.08. The summed E-state index contributed by atoms with van der Waals surface area (Å²) in [5, 5.41) is 0. The Morgan fingerprint density at radius 1 is 1.13 bits per heavy atom.